The van der Waals surface area contributed by atoms with Crippen molar-refractivity contribution in [2.24, 2.45) is 10.2 Å². The molecule has 0 bridgehead atoms. The number of benzene rings is 5. The molecule has 0 saturated carbocycles. The van der Waals surface area contributed by atoms with Crippen molar-refractivity contribution in [2.75, 3.05) is 21.5 Å². The van der Waals surface area contributed by atoms with Crippen LogP contribution in [-0.2, 0) is 20.2 Å². The molecule has 0 aromatic heterocycles. The summed E-state index contributed by atoms with van der Waals surface area (Å²) in [6.07, 6.45) is 0. The van der Waals surface area contributed by atoms with Crippen molar-refractivity contribution in [3.8, 4) is 0 Å². The summed E-state index contributed by atoms with van der Waals surface area (Å²) in [6.45, 7) is 0. The number of nitrogens with zero attached hydrogens (tertiary/aromatic N) is 4. The summed E-state index contributed by atoms with van der Waals surface area (Å²) < 4.78 is 70.0. The first-order chi connectivity index (χ1) is 24.5. The molecule has 5 aromatic rings. The van der Waals surface area contributed by atoms with Gasteiger partial charge >= 0.3 is 59.1 Å². The predicted molar refractivity (Wildman–Crippen MR) is 181 cm³/mol. The van der Waals surface area contributed by atoms with Crippen LogP contribution < -0.4 is 102 Å². The van der Waals surface area contributed by atoms with Crippen molar-refractivity contribution in [1.29, 1.82) is 0 Å². The standard InChI is InChI=1S/C30H22N8O12S2.2Na/c39-26-14-13-25(35-33-19-5-1-17(2-6-19)31-23-11-9-21(37(41)42)15-27(23)51(45,46)47)30(40)29(26)36-34-20-7-3-18(4-8-20)32-24-12-10-22(38(43)44)16-28(24)52(48,49)50;;/h1-16,31-34H,(H,45,46,47)(H,48,49,50);;/q;2*+1/p-2/b35-25-,36-29-;;. The van der Waals surface area contributed by atoms with Crippen molar-refractivity contribution in [3.63, 3.8) is 0 Å². The van der Waals surface area contributed by atoms with E-state index in [4.69, 9.17) is 0 Å². The van der Waals surface area contributed by atoms with Gasteiger partial charge in [-0.25, -0.2) is 16.8 Å². The van der Waals surface area contributed by atoms with Gasteiger partial charge in [-0.15, -0.1) is 0 Å². The minimum absolute atomic E-state index is 0. The van der Waals surface area contributed by atoms with Gasteiger partial charge in [-0.3, -0.25) is 40.7 Å². The summed E-state index contributed by atoms with van der Waals surface area (Å²) in [5.41, 5.74) is 3.27. The van der Waals surface area contributed by atoms with E-state index >= 15 is 0 Å². The smallest absolute Gasteiger partial charge is 0.744 e. The number of anilines is 6. The predicted octanol–water partition coefficient (Wildman–Crippen LogP) is -3.74. The average molecular weight is 795 g/mol. The molecule has 5 aromatic carbocycles. The maximum atomic E-state index is 13.0. The van der Waals surface area contributed by atoms with Gasteiger partial charge < -0.3 is 19.7 Å². The minimum atomic E-state index is -5.07. The first-order valence-corrected chi connectivity index (χ1v) is 17.0. The Hall–Kier alpha value is -4.88. The molecule has 4 N–H and O–H groups in total. The molecule has 0 amide bonds. The van der Waals surface area contributed by atoms with Gasteiger partial charge in [-0.1, -0.05) is 0 Å². The maximum absolute atomic E-state index is 13.0. The van der Waals surface area contributed by atoms with Gasteiger partial charge in [0.1, 0.15) is 25.6 Å². The summed E-state index contributed by atoms with van der Waals surface area (Å²) in [6, 6.07) is 19.3. The first-order valence-electron chi connectivity index (χ1n) is 14.2. The molecule has 0 saturated heterocycles. The first kappa shape index (κ1) is 43.5. The molecule has 20 nitrogen and oxygen atoms in total. The van der Waals surface area contributed by atoms with E-state index in [0.717, 1.165) is 30.3 Å². The zero-order chi connectivity index (χ0) is 37.8. The molecule has 0 radical (unpaired) electrons. The van der Waals surface area contributed by atoms with Gasteiger partial charge in [0.05, 0.1) is 42.4 Å². The van der Waals surface area contributed by atoms with Gasteiger partial charge in [0, 0.05) is 35.6 Å². The third-order valence-electron chi connectivity index (χ3n) is 6.89. The molecule has 24 heteroatoms. The Labute approximate surface area is 347 Å². The van der Waals surface area contributed by atoms with Gasteiger partial charge in [0.15, 0.2) is 5.36 Å². The van der Waals surface area contributed by atoms with Crippen LogP contribution in [0.3, 0.4) is 0 Å². The molecule has 266 valence electrons. The van der Waals surface area contributed by atoms with Crippen LogP contribution in [0.1, 0.15) is 0 Å². The van der Waals surface area contributed by atoms with Gasteiger partial charge in [0.25, 0.3) is 11.4 Å². The van der Waals surface area contributed by atoms with E-state index in [1.807, 2.05) is 0 Å². The number of nitrogens with one attached hydrogen (secondary N) is 4. The quantitative estimate of drug-likeness (QED) is 0.0408. The van der Waals surface area contributed by atoms with E-state index < -0.39 is 67.5 Å². The van der Waals surface area contributed by atoms with Crippen LogP contribution in [0.2, 0.25) is 0 Å². The fourth-order valence-corrected chi connectivity index (χ4v) is 5.73. The number of non-ortho nitro benzene ring substituents is 2. The van der Waals surface area contributed by atoms with Crippen LogP contribution in [0.5, 0.6) is 0 Å². The third-order valence-corrected chi connectivity index (χ3v) is 8.65. The molecule has 54 heavy (non-hydrogen) atoms. The number of rotatable bonds is 12. The van der Waals surface area contributed by atoms with E-state index in [9.17, 15) is 55.8 Å². The van der Waals surface area contributed by atoms with Crippen LogP contribution >= 0.6 is 0 Å². The molecule has 0 atom stereocenters. The van der Waals surface area contributed by atoms with E-state index in [2.05, 4.69) is 31.7 Å². The van der Waals surface area contributed by atoms with Crippen molar-refractivity contribution < 1.29 is 94.9 Å². The topological polar surface area (TPSA) is 308 Å². The van der Waals surface area contributed by atoms with Crippen molar-refractivity contribution in [1.82, 2.24) is 0 Å². The normalized spacial score (nSPS) is 11.8. The Balaban J connectivity index is 0.00000392. The van der Waals surface area contributed by atoms with Crippen LogP contribution in [0, 0.1) is 20.2 Å². The molecule has 0 aliphatic heterocycles. The van der Waals surface area contributed by atoms with Crippen LogP contribution in [0.15, 0.2) is 127 Å². The molecule has 0 fully saturated rings. The summed E-state index contributed by atoms with van der Waals surface area (Å²) in [4.78, 5) is 44.1. The minimum Gasteiger partial charge on any atom is -0.744 e. The number of hydrogen-bond donors (Lipinski definition) is 4. The fraction of sp³-hybridized carbons (Fsp3) is 0. The number of nitro groups is 2. The Morgan fingerprint density at radius 1 is 0.537 bits per heavy atom. The summed E-state index contributed by atoms with van der Waals surface area (Å²) in [5.74, 6) is 0. The molecule has 0 aliphatic carbocycles. The van der Waals surface area contributed by atoms with Crippen LogP contribution in [-0.4, -0.2) is 35.8 Å². The molecule has 0 heterocycles. The van der Waals surface area contributed by atoms with Crippen molar-refractivity contribution >= 4 is 65.7 Å². The van der Waals surface area contributed by atoms with Gasteiger partial charge in [0.2, 0.25) is 10.9 Å². The molecule has 0 spiro atoms. The van der Waals surface area contributed by atoms with Gasteiger partial charge in [-0.2, -0.15) is 10.2 Å². The molecular formula is C30H20N8Na2O12S2. The van der Waals surface area contributed by atoms with Crippen molar-refractivity contribution in [2.45, 2.75) is 9.79 Å². The maximum Gasteiger partial charge on any atom is 1.00 e. The third kappa shape index (κ3) is 10.8. The second-order valence-corrected chi connectivity index (χ2v) is 13.1. The summed E-state index contributed by atoms with van der Waals surface area (Å²) in [5, 5.41) is 34.6. The number of nitro benzene ring substituents is 2. The molecular weight excluding hydrogens is 774 g/mol. The van der Waals surface area contributed by atoms with Gasteiger partial charge in [-0.05, 0) is 72.8 Å². The van der Waals surface area contributed by atoms with Crippen LogP contribution in [0.25, 0.3) is 0 Å². The Morgan fingerprint density at radius 3 is 1.31 bits per heavy atom. The number of hydrogen-bond acceptors (Lipinski definition) is 18. The SMILES string of the molecule is O=c1cc/c(=N/Nc2ccc(Nc3ccc([N+](=O)[O-])cc3S(=O)(=O)[O-])cc2)c(=O)/c1=N\Nc1ccc(Nc2ccc([N+](=O)[O-])cc2S(=O)(=O)[O-])cc1.[Na+].[Na+]. The fourth-order valence-electron chi connectivity index (χ4n) is 4.42. The zero-order valence-electron chi connectivity index (χ0n) is 27.7. The largest absolute Gasteiger partial charge is 1.00 e. The Bertz CT molecular complexity index is 2690. The van der Waals surface area contributed by atoms with E-state index in [1.165, 1.54) is 54.6 Å². The van der Waals surface area contributed by atoms with E-state index in [-0.39, 0.29) is 87.2 Å². The monoisotopic (exact) mass is 794 g/mol. The summed E-state index contributed by atoms with van der Waals surface area (Å²) >= 11 is 0. The average Bonchev–Trinajstić information content (AvgIpc) is 3.08. The molecule has 0 aliphatic rings. The molecule has 0 unspecified atom stereocenters. The van der Waals surface area contributed by atoms with E-state index in [0.29, 0.717) is 23.5 Å². The van der Waals surface area contributed by atoms with Crippen LogP contribution in [0.4, 0.5) is 45.5 Å². The van der Waals surface area contributed by atoms with Crippen molar-refractivity contribution in [3.05, 3.63) is 148 Å². The van der Waals surface area contributed by atoms with E-state index in [1.54, 1.807) is 0 Å². The summed E-state index contributed by atoms with van der Waals surface area (Å²) in [7, 11) is -10.1. The Morgan fingerprint density at radius 2 is 0.926 bits per heavy atom. The second-order valence-electron chi connectivity index (χ2n) is 10.4. The molecule has 5 rings (SSSR count). The Kier molecular flexibility index (Phi) is 14.5. The second kappa shape index (κ2) is 18.0. The zero-order valence-corrected chi connectivity index (χ0v) is 33.4.